The number of carbonyl (C=O) groups excluding carboxylic acids is 1. The van der Waals surface area contributed by atoms with Crippen LogP contribution in [0.2, 0.25) is 0 Å². The summed E-state index contributed by atoms with van der Waals surface area (Å²) in [6.07, 6.45) is 0. The predicted octanol–water partition coefficient (Wildman–Crippen LogP) is 5.36. The van der Waals surface area contributed by atoms with Gasteiger partial charge in [-0.25, -0.2) is 9.18 Å². The monoisotopic (exact) mass is 439 g/mol. The lowest BCUT2D eigenvalue weighted by molar-refractivity contribution is 0.262. The molecule has 28 heavy (non-hydrogen) atoms. The summed E-state index contributed by atoms with van der Waals surface area (Å²) in [6, 6.07) is 16.9. The Bertz CT molecular complexity index is 1170. The molecule has 0 aliphatic carbocycles. The Labute approximate surface area is 168 Å². The molecule has 0 bridgehead atoms. The van der Waals surface area contributed by atoms with Crippen molar-refractivity contribution in [3.05, 3.63) is 71.0 Å². The highest BCUT2D eigenvalue weighted by Gasteiger charge is 2.11. The standard InChI is InChI=1S/C20H15BrFN5O/c21-12-6-9-16(15(22)10-12)25-20(28)24-13-7-4-11(5-8-13)14-2-1-3-17-18(14)19(23)27-26-17/h1-10H,(H3,23,26,27)(H2,24,25,28). The molecule has 2 amide bonds. The number of hydrogen-bond donors (Lipinski definition) is 4. The number of nitrogen functional groups attached to an aromatic ring is 1. The molecule has 0 saturated carbocycles. The van der Waals surface area contributed by atoms with Gasteiger partial charge in [-0.3, -0.25) is 5.10 Å². The summed E-state index contributed by atoms with van der Waals surface area (Å²) < 4.78 is 14.4. The van der Waals surface area contributed by atoms with Gasteiger partial charge in [0.1, 0.15) is 5.82 Å². The number of H-pyrrole nitrogens is 1. The maximum absolute atomic E-state index is 13.8. The first-order valence-electron chi connectivity index (χ1n) is 8.37. The van der Waals surface area contributed by atoms with Gasteiger partial charge in [0.05, 0.1) is 16.6 Å². The van der Waals surface area contributed by atoms with Crippen molar-refractivity contribution in [3.63, 3.8) is 0 Å². The van der Waals surface area contributed by atoms with Gasteiger partial charge in [0.2, 0.25) is 0 Å². The van der Waals surface area contributed by atoms with E-state index in [1.54, 1.807) is 18.2 Å². The number of anilines is 3. The van der Waals surface area contributed by atoms with E-state index in [0.29, 0.717) is 16.0 Å². The van der Waals surface area contributed by atoms with Gasteiger partial charge in [0, 0.05) is 10.2 Å². The molecule has 0 atom stereocenters. The Balaban J connectivity index is 1.51. The van der Waals surface area contributed by atoms with Crippen molar-refractivity contribution in [2.45, 2.75) is 0 Å². The number of rotatable bonds is 3. The molecule has 4 aromatic rings. The van der Waals surface area contributed by atoms with Crippen LogP contribution in [0.1, 0.15) is 0 Å². The molecule has 0 unspecified atom stereocenters. The summed E-state index contributed by atoms with van der Waals surface area (Å²) in [6.45, 7) is 0. The zero-order valence-corrected chi connectivity index (χ0v) is 16.0. The second kappa shape index (κ2) is 7.32. The van der Waals surface area contributed by atoms with Crippen molar-refractivity contribution in [3.8, 4) is 11.1 Å². The van der Waals surface area contributed by atoms with Crippen LogP contribution >= 0.6 is 15.9 Å². The molecule has 0 radical (unpaired) electrons. The first-order chi connectivity index (χ1) is 13.5. The van der Waals surface area contributed by atoms with Crippen LogP contribution in [0.3, 0.4) is 0 Å². The molecule has 1 aromatic heterocycles. The van der Waals surface area contributed by atoms with Crippen LogP contribution in [0.4, 0.5) is 26.4 Å². The number of amides is 2. The fourth-order valence-electron chi connectivity index (χ4n) is 2.95. The maximum atomic E-state index is 13.8. The molecule has 1 heterocycles. The number of fused-ring (bicyclic) bond motifs is 1. The smallest absolute Gasteiger partial charge is 0.323 e. The third kappa shape index (κ3) is 3.54. The minimum absolute atomic E-state index is 0.0967. The number of benzene rings is 3. The van der Waals surface area contributed by atoms with E-state index in [4.69, 9.17) is 5.73 Å². The first kappa shape index (κ1) is 18.0. The van der Waals surface area contributed by atoms with Crippen LogP contribution in [0.5, 0.6) is 0 Å². The normalized spacial score (nSPS) is 10.8. The highest BCUT2D eigenvalue weighted by molar-refractivity contribution is 9.10. The molecule has 8 heteroatoms. The van der Waals surface area contributed by atoms with Crippen LogP contribution in [-0.2, 0) is 0 Å². The first-order valence-corrected chi connectivity index (χ1v) is 9.16. The van der Waals surface area contributed by atoms with Crippen LogP contribution < -0.4 is 16.4 Å². The number of carbonyl (C=O) groups is 1. The second-order valence-electron chi connectivity index (χ2n) is 6.12. The molecule has 0 spiro atoms. The molecule has 0 fully saturated rings. The van der Waals surface area contributed by atoms with E-state index in [2.05, 4.69) is 36.8 Å². The molecule has 6 nitrogen and oxygen atoms in total. The Hall–Kier alpha value is -3.39. The van der Waals surface area contributed by atoms with E-state index >= 15 is 0 Å². The highest BCUT2D eigenvalue weighted by atomic mass is 79.9. The van der Waals surface area contributed by atoms with E-state index in [9.17, 15) is 9.18 Å². The quantitative estimate of drug-likeness (QED) is 0.346. The molecule has 5 N–H and O–H groups in total. The average Bonchev–Trinajstić information content (AvgIpc) is 3.06. The molecular formula is C20H15BrFN5O. The Morgan fingerprint density at radius 3 is 2.61 bits per heavy atom. The van der Waals surface area contributed by atoms with E-state index in [-0.39, 0.29) is 5.69 Å². The predicted molar refractivity (Wildman–Crippen MR) is 113 cm³/mol. The third-order valence-corrected chi connectivity index (χ3v) is 4.74. The molecular weight excluding hydrogens is 425 g/mol. The van der Waals surface area contributed by atoms with E-state index in [0.717, 1.165) is 22.0 Å². The number of nitrogens with zero attached hydrogens (tertiary/aromatic N) is 1. The van der Waals surface area contributed by atoms with Gasteiger partial charge in [0.15, 0.2) is 5.82 Å². The van der Waals surface area contributed by atoms with Crippen LogP contribution in [0.25, 0.3) is 22.0 Å². The number of aromatic amines is 1. The maximum Gasteiger partial charge on any atom is 0.323 e. The largest absolute Gasteiger partial charge is 0.382 e. The van der Waals surface area contributed by atoms with Gasteiger partial charge in [-0.2, -0.15) is 5.10 Å². The summed E-state index contributed by atoms with van der Waals surface area (Å²) in [4.78, 5) is 12.1. The molecule has 0 aliphatic heterocycles. The van der Waals surface area contributed by atoms with Crippen molar-refractivity contribution >= 4 is 50.1 Å². The van der Waals surface area contributed by atoms with Gasteiger partial charge in [-0.15, -0.1) is 0 Å². The Morgan fingerprint density at radius 1 is 1.07 bits per heavy atom. The van der Waals surface area contributed by atoms with Crippen LogP contribution in [0.15, 0.2) is 65.1 Å². The minimum atomic E-state index is -0.532. The van der Waals surface area contributed by atoms with E-state index in [1.807, 2.05) is 30.3 Å². The van der Waals surface area contributed by atoms with Gasteiger partial charge < -0.3 is 16.4 Å². The Morgan fingerprint density at radius 2 is 1.86 bits per heavy atom. The number of urea groups is 1. The van der Waals surface area contributed by atoms with Crippen molar-refractivity contribution in [2.75, 3.05) is 16.4 Å². The van der Waals surface area contributed by atoms with E-state index < -0.39 is 11.8 Å². The lowest BCUT2D eigenvalue weighted by Crippen LogP contribution is -2.20. The van der Waals surface area contributed by atoms with Crippen LogP contribution in [0, 0.1) is 5.82 Å². The fourth-order valence-corrected chi connectivity index (χ4v) is 3.28. The topological polar surface area (TPSA) is 95.8 Å². The summed E-state index contributed by atoms with van der Waals surface area (Å²) >= 11 is 3.18. The fraction of sp³-hybridized carbons (Fsp3) is 0. The average molecular weight is 440 g/mol. The van der Waals surface area contributed by atoms with Crippen LogP contribution in [-0.4, -0.2) is 16.2 Å². The minimum Gasteiger partial charge on any atom is -0.382 e. The zero-order valence-electron chi connectivity index (χ0n) is 14.5. The number of aromatic nitrogens is 2. The second-order valence-corrected chi connectivity index (χ2v) is 7.03. The lowest BCUT2D eigenvalue weighted by atomic mass is 10.0. The summed E-state index contributed by atoms with van der Waals surface area (Å²) in [7, 11) is 0. The summed E-state index contributed by atoms with van der Waals surface area (Å²) in [5.41, 5.74) is 9.37. The zero-order chi connectivity index (χ0) is 19.7. The molecule has 3 aromatic carbocycles. The SMILES string of the molecule is Nc1n[nH]c2cccc(-c3ccc(NC(=O)Nc4ccc(Br)cc4F)cc3)c12. The number of hydrogen-bond acceptors (Lipinski definition) is 3. The third-order valence-electron chi connectivity index (χ3n) is 4.25. The summed E-state index contributed by atoms with van der Waals surface area (Å²) in [5, 5.41) is 13.0. The van der Waals surface area contributed by atoms with E-state index in [1.165, 1.54) is 12.1 Å². The number of nitrogens with one attached hydrogen (secondary N) is 3. The molecule has 140 valence electrons. The van der Waals surface area contributed by atoms with Crippen molar-refractivity contribution < 1.29 is 9.18 Å². The Kier molecular flexibility index (Phi) is 4.70. The summed E-state index contributed by atoms with van der Waals surface area (Å²) in [5.74, 6) is -0.0885. The van der Waals surface area contributed by atoms with Crippen molar-refractivity contribution in [1.82, 2.24) is 10.2 Å². The van der Waals surface area contributed by atoms with Crippen molar-refractivity contribution in [1.29, 1.82) is 0 Å². The van der Waals surface area contributed by atoms with Gasteiger partial charge in [-0.1, -0.05) is 40.2 Å². The molecule has 4 rings (SSSR count). The molecule has 0 aliphatic rings. The lowest BCUT2D eigenvalue weighted by Gasteiger charge is -2.10. The van der Waals surface area contributed by atoms with Crippen molar-refractivity contribution in [2.24, 2.45) is 0 Å². The molecule has 0 saturated heterocycles. The van der Waals surface area contributed by atoms with Gasteiger partial charge in [-0.05, 0) is 47.5 Å². The van der Waals surface area contributed by atoms with Gasteiger partial charge in [0.25, 0.3) is 0 Å². The number of nitrogens with two attached hydrogens (primary N) is 1. The van der Waals surface area contributed by atoms with Gasteiger partial charge >= 0.3 is 6.03 Å². The number of halogens is 2. The highest BCUT2D eigenvalue weighted by Crippen LogP contribution is 2.31.